The lowest BCUT2D eigenvalue weighted by Crippen LogP contribution is -2.13. The molecule has 0 saturated carbocycles. The van der Waals surface area contributed by atoms with Crippen molar-refractivity contribution in [2.24, 2.45) is 0 Å². The number of hydrogen-bond donors (Lipinski definition) is 1. The lowest BCUT2D eigenvalue weighted by atomic mass is 10.2. The number of carbonyl (C=O) groups is 1. The number of para-hydroxylation sites is 2. The zero-order valence-electron chi connectivity index (χ0n) is 17.3. The van der Waals surface area contributed by atoms with E-state index in [0.717, 1.165) is 11.1 Å². The Balaban J connectivity index is 1.37. The Morgan fingerprint density at radius 2 is 1.41 bits per heavy atom. The van der Waals surface area contributed by atoms with Crippen LogP contribution in [0.1, 0.15) is 21.5 Å². The molecule has 1 amide bonds. The van der Waals surface area contributed by atoms with Crippen LogP contribution in [0.5, 0.6) is 11.5 Å². The Hall–Kier alpha value is -3.76. The predicted molar refractivity (Wildman–Crippen MR) is 127 cm³/mol. The summed E-state index contributed by atoms with van der Waals surface area (Å²) in [4.78, 5) is 12.8. The van der Waals surface area contributed by atoms with Gasteiger partial charge >= 0.3 is 0 Å². The highest BCUT2D eigenvalue weighted by atomic mass is 35.5. The van der Waals surface area contributed by atoms with Crippen molar-refractivity contribution < 1.29 is 14.3 Å². The third kappa shape index (κ3) is 5.68. The molecule has 0 aromatic heterocycles. The van der Waals surface area contributed by atoms with Crippen LogP contribution in [0.4, 0.5) is 5.69 Å². The van der Waals surface area contributed by atoms with Crippen molar-refractivity contribution in [2.45, 2.75) is 13.2 Å². The van der Waals surface area contributed by atoms with Gasteiger partial charge in [-0.15, -0.1) is 0 Å². The standard InChI is InChI=1S/C27H22ClNO3/c28-24-11-5-4-10-22(24)19-31-23-16-14-21(15-17-23)27(30)29-25-12-6-7-13-26(25)32-18-20-8-2-1-3-9-20/h1-17H,18-19H2,(H,29,30). The normalized spacial score (nSPS) is 10.4. The smallest absolute Gasteiger partial charge is 0.255 e. The quantitative estimate of drug-likeness (QED) is 0.327. The first-order valence-electron chi connectivity index (χ1n) is 10.2. The fraction of sp³-hybridized carbons (Fsp3) is 0.0741. The minimum absolute atomic E-state index is 0.224. The maximum Gasteiger partial charge on any atom is 0.255 e. The molecular weight excluding hydrogens is 422 g/mol. The first-order chi connectivity index (χ1) is 15.7. The van der Waals surface area contributed by atoms with E-state index in [2.05, 4.69) is 5.32 Å². The molecule has 4 aromatic rings. The van der Waals surface area contributed by atoms with Crippen LogP contribution in [0.25, 0.3) is 0 Å². The van der Waals surface area contributed by atoms with Crippen molar-refractivity contribution in [3.05, 3.63) is 125 Å². The van der Waals surface area contributed by atoms with E-state index in [-0.39, 0.29) is 5.91 Å². The summed E-state index contributed by atoms with van der Waals surface area (Å²) in [6, 6.07) is 31.8. The second kappa shape index (κ2) is 10.5. The zero-order chi connectivity index (χ0) is 22.2. The van der Waals surface area contributed by atoms with Crippen LogP contribution in [0.3, 0.4) is 0 Å². The van der Waals surface area contributed by atoms with E-state index in [1.165, 1.54) is 0 Å². The van der Waals surface area contributed by atoms with Crippen LogP contribution in [0.2, 0.25) is 5.02 Å². The van der Waals surface area contributed by atoms with Crippen molar-refractivity contribution in [2.75, 3.05) is 5.32 Å². The fourth-order valence-electron chi connectivity index (χ4n) is 3.10. The van der Waals surface area contributed by atoms with Gasteiger partial charge in [0.1, 0.15) is 24.7 Å². The zero-order valence-corrected chi connectivity index (χ0v) is 18.1. The average molecular weight is 444 g/mol. The van der Waals surface area contributed by atoms with Gasteiger partial charge in [-0.2, -0.15) is 0 Å². The van der Waals surface area contributed by atoms with Gasteiger partial charge in [0.15, 0.2) is 0 Å². The molecule has 4 rings (SSSR count). The number of anilines is 1. The van der Waals surface area contributed by atoms with E-state index in [4.69, 9.17) is 21.1 Å². The molecule has 0 spiro atoms. The summed E-state index contributed by atoms with van der Waals surface area (Å²) in [5, 5.41) is 3.59. The Bertz CT molecular complexity index is 1180. The van der Waals surface area contributed by atoms with Crippen LogP contribution in [-0.2, 0) is 13.2 Å². The molecule has 32 heavy (non-hydrogen) atoms. The fourth-order valence-corrected chi connectivity index (χ4v) is 3.29. The molecule has 4 nitrogen and oxygen atoms in total. The number of amides is 1. The van der Waals surface area contributed by atoms with E-state index in [0.29, 0.717) is 41.0 Å². The molecule has 0 aliphatic carbocycles. The molecule has 0 aliphatic heterocycles. The molecule has 0 radical (unpaired) electrons. The first-order valence-corrected chi connectivity index (χ1v) is 10.6. The molecule has 4 aromatic carbocycles. The Morgan fingerprint density at radius 1 is 0.719 bits per heavy atom. The van der Waals surface area contributed by atoms with Gasteiger partial charge in [-0.25, -0.2) is 0 Å². The van der Waals surface area contributed by atoms with Gasteiger partial charge in [0.05, 0.1) is 5.69 Å². The number of rotatable bonds is 8. The summed E-state index contributed by atoms with van der Waals surface area (Å²) in [6.45, 7) is 0.780. The van der Waals surface area contributed by atoms with Crippen LogP contribution in [0.15, 0.2) is 103 Å². The van der Waals surface area contributed by atoms with E-state index in [9.17, 15) is 4.79 Å². The van der Waals surface area contributed by atoms with Crippen LogP contribution in [0, 0.1) is 0 Å². The molecule has 0 fully saturated rings. The van der Waals surface area contributed by atoms with Crippen molar-refractivity contribution in [3.63, 3.8) is 0 Å². The van der Waals surface area contributed by atoms with Gasteiger partial charge in [-0.05, 0) is 48.0 Å². The number of ether oxygens (including phenoxy) is 2. The van der Waals surface area contributed by atoms with Gasteiger partial charge in [0.25, 0.3) is 5.91 Å². The Labute approximate surface area is 192 Å². The lowest BCUT2D eigenvalue weighted by molar-refractivity contribution is 0.102. The van der Waals surface area contributed by atoms with E-state index in [1.54, 1.807) is 24.3 Å². The molecule has 160 valence electrons. The molecule has 0 saturated heterocycles. The molecule has 0 aliphatic rings. The highest BCUT2D eigenvalue weighted by molar-refractivity contribution is 6.31. The second-order valence-corrected chi connectivity index (χ2v) is 7.54. The third-order valence-electron chi connectivity index (χ3n) is 4.84. The van der Waals surface area contributed by atoms with Gasteiger partial charge in [-0.3, -0.25) is 4.79 Å². The first kappa shape index (κ1) is 21.5. The SMILES string of the molecule is O=C(Nc1ccccc1OCc1ccccc1)c1ccc(OCc2ccccc2Cl)cc1. The average Bonchev–Trinajstić information content (AvgIpc) is 2.84. The van der Waals surface area contributed by atoms with E-state index >= 15 is 0 Å². The Kier molecular flexibility index (Phi) is 7.05. The van der Waals surface area contributed by atoms with E-state index < -0.39 is 0 Å². The summed E-state index contributed by atoms with van der Waals surface area (Å²) in [7, 11) is 0. The van der Waals surface area contributed by atoms with Crippen molar-refractivity contribution >= 4 is 23.2 Å². The maximum atomic E-state index is 12.8. The highest BCUT2D eigenvalue weighted by Gasteiger charge is 2.10. The number of nitrogens with one attached hydrogen (secondary N) is 1. The van der Waals surface area contributed by atoms with Crippen molar-refractivity contribution in [1.82, 2.24) is 0 Å². The summed E-state index contributed by atoms with van der Waals surface area (Å²) in [6.07, 6.45) is 0. The van der Waals surface area contributed by atoms with Crippen LogP contribution < -0.4 is 14.8 Å². The number of carbonyl (C=O) groups excluding carboxylic acids is 1. The summed E-state index contributed by atoms with van der Waals surface area (Å²) in [5.41, 5.74) is 3.10. The van der Waals surface area contributed by atoms with Crippen LogP contribution in [-0.4, -0.2) is 5.91 Å². The predicted octanol–water partition coefficient (Wildman–Crippen LogP) is 6.75. The van der Waals surface area contributed by atoms with Crippen molar-refractivity contribution in [1.29, 1.82) is 0 Å². The minimum atomic E-state index is -0.224. The van der Waals surface area contributed by atoms with Crippen molar-refractivity contribution in [3.8, 4) is 11.5 Å². The second-order valence-electron chi connectivity index (χ2n) is 7.13. The number of benzene rings is 4. The summed E-state index contributed by atoms with van der Waals surface area (Å²) >= 11 is 6.16. The van der Waals surface area contributed by atoms with Gasteiger partial charge in [0.2, 0.25) is 0 Å². The minimum Gasteiger partial charge on any atom is -0.489 e. The largest absolute Gasteiger partial charge is 0.489 e. The molecule has 5 heteroatoms. The maximum absolute atomic E-state index is 12.8. The lowest BCUT2D eigenvalue weighted by Gasteiger charge is -2.13. The van der Waals surface area contributed by atoms with Gasteiger partial charge in [-0.1, -0.05) is 72.3 Å². The number of hydrogen-bond acceptors (Lipinski definition) is 3. The topological polar surface area (TPSA) is 47.6 Å². The van der Waals surface area contributed by atoms with E-state index in [1.807, 2.05) is 78.9 Å². The van der Waals surface area contributed by atoms with Crippen LogP contribution >= 0.6 is 11.6 Å². The summed E-state index contributed by atoms with van der Waals surface area (Å²) in [5.74, 6) is 1.05. The Morgan fingerprint density at radius 3 is 2.19 bits per heavy atom. The molecule has 0 bridgehead atoms. The monoisotopic (exact) mass is 443 g/mol. The molecule has 0 atom stereocenters. The molecule has 0 unspecified atom stereocenters. The highest BCUT2D eigenvalue weighted by Crippen LogP contribution is 2.26. The number of halogens is 1. The summed E-state index contributed by atoms with van der Waals surface area (Å²) < 4.78 is 11.7. The molecule has 0 heterocycles. The van der Waals surface area contributed by atoms with Gasteiger partial charge in [0, 0.05) is 16.1 Å². The van der Waals surface area contributed by atoms with Gasteiger partial charge < -0.3 is 14.8 Å². The molecular formula is C27H22ClNO3. The third-order valence-corrected chi connectivity index (χ3v) is 5.21. The molecule has 1 N–H and O–H groups in total.